The number of nitrogens with zero attached hydrogens (tertiary/aromatic N) is 1. The Labute approximate surface area is 122 Å². The summed E-state index contributed by atoms with van der Waals surface area (Å²) in [5.74, 6) is 0. The molecule has 0 aliphatic heterocycles. The SMILES string of the molecule is CCN(Cc1cccs1)CC1(CNC)CCCCC1. The van der Waals surface area contributed by atoms with Crippen LogP contribution in [0.1, 0.15) is 43.9 Å². The summed E-state index contributed by atoms with van der Waals surface area (Å²) >= 11 is 1.88. The second-order valence-corrected chi connectivity index (χ2v) is 7.01. The Kier molecular flexibility index (Phi) is 5.86. The number of hydrogen-bond donors (Lipinski definition) is 1. The van der Waals surface area contributed by atoms with Crippen molar-refractivity contribution in [1.82, 2.24) is 10.2 Å². The van der Waals surface area contributed by atoms with Gasteiger partial charge in [0.15, 0.2) is 0 Å². The van der Waals surface area contributed by atoms with E-state index in [1.54, 1.807) is 0 Å². The smallest absolute Gasteiger partial charge is 0.0328 e. The average molecular weight is 280 g/mol. The molecule has 0 spiro atoms. The van der Waals surface area contributed by atoms with Gasteiger partial charge < -0.3 is 5.32 Å². The minimum atomic E-state index is 0.514. The lowest BCUT2D eigenvalue weighted by Crippen LogP contribution is -2.44. The van der Waals surface area contributed by atoms with E-state index in [9.17, 15) is 0 Å². The standard InChI is InChI=1S/C16H28N2S/c1-3-18(12-15-8-7-11-19-15)14-16(13-17-2)9-5-4-6-10-16/h7-8,11,17H,3-6,9-10,12-14H2,1-2H3. The second-order valence-electron chi connectivity index (χ2n) is 5.97. The third-order valence-corrected chi connectivity index (χ3v) is 5.29. The molecule has 1 aliphatic carbocycles. The predicted molar refractivity (Wildman–Crippen MR) is 84.7 cm³/mol. The van der Waals surface area contributed by atoms with Crippen molar-refractivity contribution in [2.75, 3.05) is 26.7 Å². The summed E-state index contributed by atoms with van der Waals surface area (Å²) in [5, 5.41) is 5.63. The minimum absolute atomic E-state index is 0.514. The Hall–Kier alpha value is -0.380. The molecule has 2 nitrogen and oxygen atoms in total. The molecular formula is C16H28N2S. The number of thiophene rings is 1. The average Bonchev–Trinajstić information content (AvgIpc) is 2.92. The van der Waals surface area contributed by atoms with Crippen molar-refractivity contribution in [1.29, 1.82) is 0 Å². The minimum Gasteiger partial charge on any atom is -0.319 e. The van der Waals surface area contributed by atoms with E-state index in [4.69, 9.17) is 0 Å². The zero-order valence-electron chi connectivity index (χ0n) is 12.5. The van der Waals surface area contributed by atoms with E-state index in [0.29, 0.717) is 5.41 Å². The lowest BCUT2D eigenvalue weighted by Gasteiger charge is -2.41. The molecule has 1 aromatic heterocycles. The van der Waals surface area contributed by atoms with Crippen molar-refractivity contribution >= 4 is 11.3 Å². The molecule has 0 radical (unpaired) electrons. The molecule has 1 fully saturated rings. The highest BCUT2D eigenvalue weighted by Crippen LogP contribution is 2.36. The van der Waals surface area contributed by atoms with Crippen molar-refractivity contribution in [2.45, 2.75) is 45.6 Å². The molecule has 2 rings (SSSR count). The molecule has 108 valence electrons. The third-order valence-electron chi connectivity index (χ3n) is 4.43. The third kappa shape index (κ3) is 4.30. The highest BCUT2D eigenvalue weighted by atomic mass is 32.1. The van der Waals surface area contributed by atoms with E-state index in [2.05, 4.69) is 41.7 Å². The first-order chi connectivity index (χ1) is 9.28. The fraction of sp³-hybridized carbons (Fsp3) is 0.750. The Balaban J connectivity index is 1.97. The summed E-state index contributed by atoms with van der Waals surface area (Å²) in [6.07, 6.45) is 7.06. The van der Waals surface area contributed by atoms with Crippen LogP contribution in [-0.2, 0) is 6.54 Å². The van der Waals surface area contributed by atoms with Gasteiger partial charge in [-0.2, -0.15) is 0 Å². The molecule has 0 saturated heterocycles. The quantitative estimate of drug-likeness (QED) is 0.818. The fourth-order valence-electron chi connectivity index (χ4n) is 3.44. The molecule has 19 heavy (non-hydrogen) atoms. The van der Waals surface area contributed by atoms with Crippen LogP contribution < -0.4 is 5.32 Å². The topological polar surface area (TPSA) is 15.3 Å². The second kappa shape index (κ2) is 7.41. The number of rotatable bonds is 7. The first-order valence-electron chi connectivity index (χ1n) is 7.67. The van der Waals surface area contributed by atoms with Gasteiger partial charge in [-0.25, -0.2) is 0 Å². The highest BCUT2D eigenvalue weighted by molar-refractivity contribution is 7.09. The molecule has 1 heterocycles. The molecule has 0 unspecified atom stereocenters. The Morgan fingerprint density at radius 1 is 1.32 bits per heavy atom. The van der Waals surface area contributed by atoms with Crippen LogP contribution in [0.3, 0.4) is 0 Å². The van der Waals surface area contributed by atoms with Gasteiger partial charge in [-0.3, -0.25) is 4.90 Å². The summed E-state index contributed by atoms with van der Waals surface area (Å²) in [6.45, 7) is 7.00. The maximum atomic E-state index is 3.44. The van der Waals surface area contributed by atoms with Crippen LogP contribution in [0.4, 0.5) is 0 Å². The van der Waals surface area contributed by atoms with Gasteiger partial charge >= 0.3 is 0 Å². The van der Waals surface area contributed by atoms with Crippen molar-refractivity contribution in [3.63, 3.8) is 0 Å². The molecule has 1 N–H and O–H groups in total. The van der Waals surface area contributed by atoms with Gasteiger partial charge in [-0.15, -0.1) is 11.3 Å². The van der Waals surface area contributed by atoms with Gasteiger partial charge in [-0.05, 0) is 43.3 Å². The van der Waals surface area contributed by atoms with Crippen molar-refractivity contribution in [3.05, 3.63) is 22.4 Å². The summed E-state index contributed by atoms with van der Waals surface area (Å²) in [4.78, 5) is 4.13. The first-order valence-corrected chi connectivity index (χ1v) is 8.55. The monoisotopic (exact) mass is 280 g/mol. The van der Waals surface area contributed by atoms with Crippen molar-refractivity contribution in [3.8, 4) is 0 Å². The number of nitrogens with one attached hydrogen (secondary N) is 1. The molecular weight excluding hydrogens is 252 g/mol. The normalized spacial score (nSPS) is 18.9. The van der Waals surface area contributed by atoms with Crippen LogP contribution >= 0.6 is 11.3 Å². The maximum absolute atomic E-state index is 3.44. The van der Waals surface area contributed by atoms with Gasteiger partial charge in [0.1, 0.15) is 0 Å². The summed E-state index contributed by atoms with van der Waals surface area (Å²) in [7, 11) is 2.10. The zero-order chi connectivity index (χ0) is 13.6. The molecule has 1 aromatic rings. The summed E-state index contributed by atoms with van der Waals surface area (Å²) in [5.41, 5.74) is 0.514. The zero-order valence-corrected chi connectivity index (χ0v) is 13.3. The molecule has 1 saturated carbocycles. The molecule has 0 atom stereocenters. The van der Waals surface area contributed by atoms with E-state index in [0.717, 1.165) is 13.1 Å². The summed E-state index contributed by atoms with van der Waals surface area (Å²) < 4.78 is 0. The van der Waals surface area contributed by atoms with Gasteiger partial charge in [0.2, 0.25) is 0 Å². The van der Waals surface area contributed by atoms with Gasteiger partial charge in [-0.1, -0.05) is 32.3 Å². The van der Waals surface area contributed by atoms with E-state index in [1.165, 1.54) is 50.1 Å². The van der Waals surface area contributed by atoms with E-state index < -0.39 is 0 Å². The van der Waals surface area contributed by atoms with E-state index in [1.807, 2.05) is 11.3 Å². The van der Waals surface area contributed by atoms with Crippen molar-refractivity contribution < 1.29 is 0 Å². The maximum Gasteiger partial charge on any atom is 0.0328 e. The Morgan fingerprint density at radius 3 is 2.68 bits per heavy atom. The van der Waals surface area contributed by atoms with Crippen LogP contribution in [0.2, 0.25) is 0 Å². The van der Waals surface area contributed by atoms with Crippen LogP contribution in [-0.4, -0.2) is 31.6 Å². The Bertz CT molecular complexity index is 336. The molecule has 0 aromatic carbocycles. The Morgan fingerprint density at radius 2 is 2.11 bits per heavy atom. The van der Waals surface area contributed by atoms with Crippen molar-refractivity contribution in [2.24, 2.45) is 5.41 Å². The van der Waals surface area contributed by atoms with Crippen LogP contribution in [0.15, 0.2) is 17.5 Å². The largest absolute Gasteiger partial charge is 0.319 e. The molecule has 0 amide bonds. The summed E-state index contributed by atoms with van der Waals surface area (Å²) in [6, 6.07) is 4.43. The van der Waals surface area contributed by atoms with Gasteiger partial charge in [0.25, 0.3) is 0 Å². The van der Waals surface area contributed by atoms with Crippen LogP contribution in [0.25, 0.3) is 0 Å². The lowest BCUT2D eigenvalue weighted by atomic mass is 9.73. The first kappa shape index (κ1) is 15.0. The van der Waals surface area contributed by atoms with E-state index in [-0.39, 0.29) is 0 Å². The lowest BCUT2D eigenvalue weighted by molar-refractivity contribution is 0.104. The number of hydrogen-bond acceptors (Lipinski definition) is 3. The predicted octanol–water partition coefficient (Wildman–Crippen LogP) is 3.74. The fourth-order valence-corrected chi connectivity index (χ4v) is 4.19. The van der Waals surface area contributed by atoms with Gasteiger partial charge in [0, 0.05) is 24.5 Å². The molecule has 1 aliphatic rings. The van der Waals surface area contributed by atoms with E-state index >= 15 is 0 Å². The van der Waals surface area contributed by atoms with Gasteiger partial charge in [0.05, 0.1) is 0 Å². The van der Waals surface area contributed by atoms with Crippen LogP contribution in [0, 0.1) is 5.41 Å². The van der Waals surface area contributed by atoms with Crippen LogP contribution in [0.5, 0.6) is 0 Å². The highest BCUT2D eigenvalue weighted by Gasteiger charge is 2.32. The molecule has 3 heteroatoms. The molecule has 0 bridgehead atoms.